The van der Waals surface area contributed by atoms with E-state index in [1.54, 1.807) is 0 Å². The Bertz CT molecular complexity index is 176. The lowest BCUT2D eigenvalue weighted by molar-refractivity contribution is -0.145. The van der Waals surface area contributed by atoms with Gasteiger partial charge in [-0.3, -0.25) is 4.79 Å². The molecule has 1 aliphatic carbocycles. The number of carbonyl (C=O) groups excluding carboxylic acids is 1. The second-order valence-electron chi connectivity index (χ2n) is 4.38. The van der Waals surface area contributed by atoms with E-state index in [4.69, 9.17) is 10.5 Å². The van der Waals surface area contributed by atoms with E-state index in [-0.39, 0.29) is 11.9 Å². The van der Waals surface area contributed by atoms with Gasteiger partial charge < -0.3 is 10.5 Å². The third kappa shape index (κ3) is 4.09. The molecule has 0 radical (unpaired) electrons. The quantitative estimate of drug-likeness (QED) is 0.686. The Balaban J connectivity index is 2.08. The monoisotopic (exact) mass is 199 g/mol. The van der Waals surface area contributed by atoms with E-state index in [0.717, 1.165) is 0 Å². The SMILES string of the molecule is CC(CN)CC(=O)OCC1CCCC1. The van der Waals surface area contributed by atoms with Crippen LogP contribution in [-0.4, -0.2) is 19.1 Å². The highest BCUT2D eigenvalue weighted by Gasteiger charge is 2.17. The van der Waals surface area contributed by atoms with Crippen molar-refractivity contribution in [2.75, 3.05) is 13.2 Å². The summed E-state index contributed by atoms with van der Waals surface area (Å²) in [6, 6.07) is 0. The van der Waals surface area contributed by atoms with Gasteiger partial charge in [-0.25, -0.2) is 0 Å². The average Bonchev–Trinajstić information content (AvgIpc) is 2.67. The fourth-order valence-electron chi connectivity index (χ4n) is 1.81. The topological polar surface area (TPSA) is 52.3 Å². The van der Waals surface area contributed by atoms with Gasteiger partial charge in [0.2, 0.25) is 0 Å². The van der Waals surface area contributed by atoms with Crippen molar-refractivity contribution >= 4 is 5.97 Å². The number of ether oxygens (including phenoxy) is 1. The van der Waals surface area contributed by atoms with Crippen LogP contribution in [0.4, 0.5) is 0 Å². The first kappa shape index (κ1) is 11.5. The Kier molecular flexibility index (Phi) is 4.94. The number of hydrogen-bond acceptors (Lipinski definition) is 3. The van der Waals surface area contributed by atoms with Crippen LogP contribution in [0.2, 0.25) is 0 Å². The Morgan fingerprint density at radius 2 is 2.14 bits per heavy atom. The van der Waals surface area contributed by atoms with Crippen LogP contribution in [-0.2, 0) is 9.53 Å². The fourth-order valence-corrected chi connectivity index (χ4v) is 1.81. The highest BCUT2D eigenvalue weighted by molar-refractivity contribution is 5.69. The van der Waals surface area contributed by atoms with Gasteiger partial charge >= 0.3 is 5.97 Å². The van der Waals surface area contributed by atoms with E-state index < -0.39 is 0 Å². The molecule has 0 heterocycles. The van der Waals surface area contributed by atoms with Crippen LogP contribution in [0.1, 0.15) is 39.0 Å². The Labute approximate surface area is 86.0 Å². The number of hydrogen-bond donors (Lipinski definition) is 1. The molecule has 0 aromatic carbocycles. The Morgan fingerprint density at radius 3 is 2.71 bits per heavy atom. The van der Waals surface area contributed by atoms with E-state index in [1.807, 2.05) is 6.92 Å². The Hall–Kier alpha value is -0.570. The minimum absolute atomic E-state index is 0.0881. The molecule has 0 spiro atoms. The van der Waals surface area contributed by atoms with Crippen molar-refractivity contribution in [3.63, 3.8) is 0 Å². The van der Waals surface area contributed by atoms with Crippen molar-refractivity contribution in [1.82, 2.24) is 0 Å². The van der Waals surface area contributed by atoms with Gasteiger partial charge in [-0.1, -0.05) is 19.8 Å². The van der Waals surface area contributed by atoms with E-state index in [1.165, 1.54) is 25.7 Å². The lowest BCUT2D eigenvalue weighted by atomic mass is 10.1. The van der Waals surface area contributed by atoms with Crippen LogP contribution in [0, 0.1) is 11.8 Å². The van der Waals surface area contributed by atoms with Crippen LogP contribution in [0.15, 0.2) is 0 Å². The molecule has 1 unspecified atom stereocenters. The molecule has 1 saturated carbocycles. The maximum atomic E-state index is 11.3. The predicted octanol–water partition coefficient (Wildman–Crippen LogP) is 1.70. The van der Waals surface area contributed by atoms with Gasteiger partial charge in [0.25, 0.3) is 0 Å². The summed E-state index contributed by atoms with van der Waals surface area (Å²) in [4.78, 5) is 11.3. The average molecular weight is 199 g/mol. The van der Waals surface area contributed by atoms with Crippen molar-refractivity contribution in [3.05, 3.63) is 0 Å². The first-order chi connectivity index (χ1) is 6.72. The van der Waals surface area contributed by atoms with Crippen molar-refractivity contribution in [3.8, 4) is 0 Å². The van der Waals surface area contributed by atoms with Gasteiger partial charge in [0.1, 0.15) is 0 Å². The van der Waals surface area contributed by atoms with Crippen LogP contribution in [0.25, 0.3) is 0 Å². The van der Waals surface area contributed by atoms with Gasteiger partial charge in [-0.15, -0.1) is 0 Å². The first-order valence-corrected chi connectivity index (χ1v) is 5.58. The van der Waals surface area contributed by atoms with E-state index in [2.05, 4.69) is 0 Å². The van der Waals surface area contributed by atoms with Gasteiger partial charge in [0.05, 0.1) is 6.61 Å². The summed E-state index contributed by atoms with van der Waals surface area (Å²) >= 11 is 0. The summed E-state index contributed by atoms with van der Waals surface area (Å²) in [7, 11) is 0. The van der Waals surface area contributed by atoms with Crippen LogP contribution in [0.3, 0.4) is 0 Å². The molecule has 1 fully saturated rings. The molecule has 1 rings (SSSR count). The molecule has 0 aromatic rings. The summed E-state index contributed by atoms with van der Waals surface area (Å²) in [5.74, 6) is 0.771. The largest absolute Gasteiger partial charge is 0.465 e. The standard InChI is InChI=1S/C11H21NO2/c1-9(7-12)6-11(13)14-8-10-4-2-3-5-10/h9-10H,2-8,12H2,1H3. The van der Waals surface area contributed by atoms with Crippen molar-refractivity contribution in [2.45, 2.75) is 39.0 Å². The predicted molar refractivity (Wildman–Crippen MR) is 55.8 cm³/mol. The fraction of sp³-hybridized carbons (Fsp3) is 0.909. The third-order valence-corrected chi connectivity index (χ3v) is 2.87. The lowest BCUT2D eigenvalue weighted by Crippen LogP contribution is -2.18. The summed E-state index contributed by atoms with van der Waals surface area (Å²) in [5.41, 5.74) is 5.43. The normalized spacial score (nSPS) is 19.6. The minimum Gasteiger partial charge on any atom is -0.465 e. The van der Waals surface area contributed by atoms with E-state index in [9.17, 15) is 4.79 Å². The van der Waals surface area contributed by atoms with E-state index in [0.29, 0.717) is 25.5 Å². The third-order valence-electron chi connectivity index (χ3n) is 2.87. The molecule has 0 bridgehead atoms. The molecule has 3 heteroatoms. The summed E-state index contributed by atoms with van der Waals surface area (Å²) in [5, 5.41) is 0. The first-order valence-electron chi connectivity index (χ1n) is 5.58. The molecular weight excluding hydrogens is 178 g/mol. The molecule has 3 nitrogen and oxygen atoms in total. The minimum atomic E-state index is -0.0881. The molecular formula is C11H21NO2. The number of rotatable bonds is 5. The number of carbonyl (C=O) groups is 1. The molecule has 0 aliphatic heterocycles. The molecule has 1 aliphatic rings. The molecule has 1 atom stereocenters. The smallest absolute Gasteiger partial charge is 0.306 e. The number of nitrogens with two attached hydrogens (primary N) is 1. The summed E-state index contributed by atoms with van der Waals surface area (Å²) < 4.78 is 5.20. The van der Waals surface area contributed by atoms with Crippen LogP contribution in [0.5, 0.6) is 0 Å². The van der Waals surface area contributed by atoms with Crippen LogP contribution < -0.4 is 5.73 Å². The van der Waals surface area contributed by atoms with Crippen LogP contribution >= 0.6 is 0 Å². The highest BCUT2D eigenvalue weighted by Crippen LogP contribution is 2.24. The maximum Gasteiger partial charge on any atom is 0.306 e. The summed E-state index contributed by atoms with van der Waals surface area (Å²) in [6.07, 6.45) is 5.49. The Morgan fingerprint density at radius 1 is 1.50 bits per heavy atom. The van der Waals surface area contributed by atoms with Gasteiger partial charge in [0.15, 0.2) is 0 Å². The number of esters is 1. The van der Waals surface area contributed by atoms with Crippen molar-refractivity contribution in [2.24, 2.45) is 17.6 Å². The zero-order valence-corrected chi connectivity index (χ0v) is 9.00. The van der Waals surface area contributed by atoms with Crippen molar-refractivity contribution in [1.29, 1.82) is 0 Å². The van der Waals surface area contributed by atoms with Gasteiger partial charge in [-0.05, 0) is 31.2 Å². The zero-order chi connectivity index (χ0) is 10.4. The molecule has 2 N–H and O–H groups in total. The van der Waals surface area contributed by atoms with Crippen molar-refractivity contribution < 1.29 is 9.53 Å². The van der Waals surface area contributed by atoms with Gasteiger partial charge in [0, 0.05) is 6.42 Å². The molecule has 82 valence electrons. The lowest BCUT2D eigenvalue weighted by Gasteiger charge is -2.11. The zero-order valence-electron chi connectivity index (χ0n) is 9.00. The van der Waals surface area contributed by atoms with Gasteiger partial charge in [-0.2, -0.15) is 0 Å². The maximum absolute atomic E-state index is 11.3. The molecule has 0 saturated heterocycles. The highest BCUT2D eigenvalue weighted by atomic mass is 16.5. The van der Waals surface area contributed by atoms with E-state index >= 15 is 0 Å². The second kappa shape index (κ2) is 6.02. The molecule has 14 heavy (non-hydrogen) atoms. The summed E-state index contributed by atoms with van der Waals surface area (Å²) in [6.45, 7) is 3.14. The molecule has 0 aromatic heterocycles. The second-order valence-corrected chi connectivity index (χ2v) is 4.38. The molecule has 0 amide bonds.